The third kappa shape index (κ3) is 9.55. The maximum absolute atomic E-state index is 13.5. The lowest BCUT2D eigenvalue weighted by molar-refractivity contribution is -0.142. The van der Waals surface area contributed by atoms with Gasteiger partial charge in [-0.05, 0) is 59.4 Å². The molecule has 0 spiro atoms. The Hall–Kier alpha value is -3.97. The molecule has 3 aromatic carbocycles. The quantitative estimate of drug-likeness (QED) is 0.216. The molecule has 224 valence electrons. The normalized spacial score (nSPS) is 13.5. The van der Waals surface area contributed by atoms with Gasteiger partial charge in [-0.2, -0.15) is 0 Å². The number of hydrogen-bond acceptors (Lipinski definition) is 4. The monoisotopic (exact) mass is 572 g/mol. The Morgan fingerprint density at radius 2 is 1.52 bits per heavy atom. The Balaban J connectivity index is 1.67. The van der Waals surface area contributed by atoms with Crippen LogP contribution < -0.4 is 10.6 Å². The molecule has 3 rings (SSSR count). The Bertz CT molecular complexity index is 1320. The van der Waals surface area contributed by atoms with E-state index in [-0.39, 0.29) is 18.9 Å². The predicted octanol–water partition coefficient (Wildman–Crippen LogP) is 6.11. The van der Waals surface area contributed by atoms with Gasteiger partial charge in [0, 0.05) is 13.0 Å². The van der Waals surface area contributed by atoms with Gasteiger partial charge in [0.2, 0.25) is 11.8 Å². The van der Waals surface area contributed by atoms with E-state index < -0.39 is 35.3 Å². The number of methoxy groups -OCH3 is 1. The smallest absolute Gasteiger partial charge is 0.304 e. The van der Waals surface area contributed by atoms with Gasteiger partial charge in [-0.25, -0.2) is 0 Å². The number of aryl methyl sites for hydroxylation is 2. The van der Waals surface area contributed by atoms with Gasteiger partial charge in [0.1, 0.15) is 6.04 Å². The van der Waals surface area contributed by atoms with Crippen molar-refractivity contribution in [3.8, 4) is 11.1 Å². The number of carboxylic acids is 1. The second-order valence-corrected chi connectivity index (χ2v) is 11.9. The standard InChI is InChI=1S/C35H44N2O5/c1-24-21-25(19-20-29(24)26-14-8-6-9-15-26)13-12-18-28(22-31(38)39)33(40)37-32(35(2,3)4)34(41)36-30(23-42-5)27-16-10-7-11-17-27/h6-11,14-17,19-21,28,30,32H,12-13,18,22-23H2,1-5H3,(H,36,41)(H,37,40)(H,38,39)/t28-,30-,32-/m0/s1. The van der Waals surface area contributed by atoms with Gasteiger partial charge < -0.3 is 20.5 Å². The molecule has 3 atom stereocenters. The number of nitrogens with one attached hydrogen (secondary N) is 2. The highest BCUT2D eigenvalue weighted by atomic mass is 16.5. The van der Waals surface area contributed by atoms with Gasteiger partial charge >= 0.3 is 5.97 Å². The Labute approximate surface area is 249 Å². The molecule has 0 saturated carbocycles. The second-order valence-electron chi connectivity index (χ2n) is 11.9. The first kappa shape index (κ1) is 32.5. The average Bonchev–Trinajstić information content (AvgIpc) is 2.95. The van der Waals surface area contributed by atoms with E-state index in [2.05, 4.69) is 47.9 Å². The summed E-state index contributed by atoms with van der Waals surface area (Å²) in [7, 11) is 1.57. The predicted molar refractivity (Wildman–Crippen MR) is 166 cm³/mol. The van der Waals surface area contributed by atoms with E-state index in [1.165, 1.54) is 11.1 Å². The number of ether oxygens (including phenoxy) is 1. The fourth-order valence-corrected chi connectivity index (χ4v) is 5.18. The minimum atomic E-state index is -1.04. The second kappa shape index (κ2) is 15.3. The lowest BCUT2D eigenvalue weighted by atomic mass is 9.85. The molecule has 0 saturated heterocycles. The van der Waals surface area contributed by atoms with Gasteiger partial charge in [0.05, 0.1) is 19.1 Å². The highest BCUT2D eigenvalue weighted by molar-refractivity contribution is 5.90. The lowest BCUT2D eigenvalue weighted by Gasteiger charge is -2.33. The van der Waals surface area contributed by atoms with Crippen molar-refractivity contribution in [3.05, 3.63) is 95.6 Å². The number of aliphatic carboxylic acids is 1. The van der Waals surface area contributed by atoms with E-state index >= 15 is 0 Å². The summed E-state index contributed by atoms with van der Waals surface area (Å²) in [6.07, 6.45) is 1.46. The molecule has 0 bridgehead atoms. The maximum atomic E-state index is 13.5. The lowest BCUT2D eigenvalue weighted by Crippen LogP contribution is -2.55. The zero-order valence-electron chi connectivity index (χ0n) is 25.4. The maximum Gasteiger partial charge on any atom is 0.304 e. The van der Waals surface area contributed by atoms with Crippen LogP contribution in [-0.2, 0) is 25.5 Å². The van der Waals surface area contributed by atoms with Crippen molar-refractivity contribution in [3.63, 3.8) is 0 Å². The van der Waals surface area contributed by atoms with Crippen LogP contribution in [0.25, 0.3) is 11.1 Å². The highest BCUT2D eigenvalue weighted by Crippen LogP contribution is 2.26. The molecule has 0 aliphatic rings. The number of carbonyl (C=O) groups excluding carboxylic acids is 2. The van der Waals surface area contributed by atoms with E-state index in [1.54, 1.807) is 7.11 Å². The number of amides is 2. The molecule has 0 aliphatic heterocycles. The van der Waals surface area contributed by atoms with Gasteiger partial charge in [0.15, 0.2) is 0 Å². The zero-order valence-corrected chi connectivity index (χ0v) is 25.4. The summed E-state index contributed by atoms with van der Waals surface area (Å²) >= 11 is 0. The highest BCUT2D eigenvalue weighted by Gasteiger charge is 2.36. The van der Waals surface area contributed by atoms with Crippen molar-refractivity contribution >= 4 is 17.8 Å². The Morgan fingerprint density at radius 3 is 2.10 bits per heavy atom. The Kier molecular flexibility index (Phi) is 11.9. The first-order chi connectivity index (χ1) is 20.0. The van der Waals surface area contributed by atoms with Crippen LogP contribution in [0.1, 0.15) is 62.8 Å². The first-order valence-corrected chi connectivity index (χ1v) is 14.5. The molecule has 0 aromatic heterocycles. The van der Waals surface area contributed by atoms with Crippen molar-refractivity contribution in [2.45, 2.75) is 65.5 Å². The van der Waals surface area contributed by atoms with Crippen LogP contribution in [0.2, 0.25) is 0 Å². The molecule has 3 aromatic rings. The average molecular weight is 573 g/mol. The van der Waals surface area contributed by atoms with E-state index in [4.69, 9.17) is 4.74 Å². The summed E-state index contributed by atoms with van der Waals surface area (Å²) in [5.74, 6) is -2.57. The molecular weight excluding hydrogens is 528 g/mol. The van der Waals surface area contributed by atoms with Gasteiger partial charge in [0.25, 0.3) is 0 Å². The van der Waals surface area contributed by atoms with Crippen molar-refractivity contribution in [1.82, 2.24) is 10.6 Å². The van der Waals surface area contributed by atoms with Crippen molar-refractivity contribution in [2.24, 2.45) is 11.3 Å². The fraction of sp³-hybridized carbons (Fsp3) is 0.400. The number of carbonyl (C=O) groups is 3. The van der Waals surface area contributed by atoms with Crippen LogP contribution in [0.5, 0.6) is 0 Å². The first-order valence-electron chi connectivity index (χ1n) is 14.5. The summed E-state index contributed by atoms with van der Waals surface area (Å²) in [5.41, 5.74) is 4.92. The summed E-state index contributed by atoms with van der Waals surface area (Å²) in [4.78, 5) is 38.6. The van der Waals surface area contributed by atoms with E-state index in [0.29, 0.717) is 12.8 Å². The number of rotatable bonds is 14. The molecule has 0 heterocycles. The third-order valence-corrected chi connectivity index (χ3v) is 7.45. The molecule has 0 aliphatic carbocycles. The molecule has 2 amide bonds. The van der Waals surface area contributed by atoms with Gasteiger partial charge in [-0.1, -0.05) is 99.6 Å². The SMILES string of the molecule is COC[C@H](NC(=O)[C@H](NC(=O)[C@@H](CCCc1ccc(-c2ccccc2)c(C)c1)CC(=O)O)C(C)(C)C)c1ccccc1. The molecule has 0 radical (unpaired) electrons. The largest absolute Gasteiger partial charge is 0.481 e. The minimum absolute atomic E-state index is 0.272. The Morgan fingerprint density at radius 1 is 0.881 bits per heavy atom. The molecule has 42 heavy (non-hydrogen) atoms. The van der Waals surface area contributed by atoms with Crippen molar-refractivity contribution in [1.29, 1.82) is 0 Å². The van der Waals surface area contributed by atoms with Crippen LogP contribution in [-0.4, -0.2) is 42.6 Å². The van der Waals surface area contributed by atoms with E-state index in [9.17, 15) is 19.5 Å². The summed E-state index contributed by atoms with van der Waals surface area (Å²) < 4.78 is 5.34. The minimum Gasteiger partial charge on any atom is -0.481 e. The van der Waals surface area contributed by atoms with E-state index in [0.717, 1.165) is 23.1 Å². The number of carboxylic acid groups (broad SMARTS) is 1. The summed E-state index contributed by atoms with van der Waals surface area (Å²) in [5, 5.41) is 15.5. The van der Waals surface area contributed by atoms with Crippen LogP contribution in [0.4, 0.5) is 0 Å². The molecule has 7 heteroatoms. The molecule has 7 nitrogen and oxygen atoms in total. The third-order valence-electron chi connectivity index (χ3n) is 7.45. The number of hydrogen-bond donors (Lipinski definition) is 3. The van der Waals surface area contributed by atoms with Crippen molar-refractivity contribution in [2.75, 3.05) is 13.7 Å². The molecule has 0 fully saturated rings. The zero-order chi connectivity index (χ0) is 30.7. The van der Waals surface area contributed by atoms with Crippen LogP contribution >= 0.6 is 0 Å². The number of benzene rings is 3. The van der Waals surface area contributed by atoms with E-state index in [1.807, 2.05) is 69.3 Å². The molecule has 0 unspecified atom stereocenters. The van der Waals surface area contributed by atoms with Gasteiger partial charge in [-0.3, -0.25) is 14.4 Å². The van der Waals surface area contributed by atoms with Crippen molar-refractivity contribution < 1.29 is 24.2 Å². The van der Waals surface area contributed by atoms with Crippen LogP contribution in [0.3, 0.4) is 0 Å². The molecular formula is C35H44N2O5. The summed E-state index contributed by atoms with van der Waals surface area (Å²) in [6.45, 7) is 7.98. The van der Waals surface area contributed by atoms with Crippen LogP contribution in [0.15, 0.2) is 78.9 Å². The summed E-state index contributed by atoms with van der Waals surface area (Å²) in [6, 6.07) is 24.8. The van der Waals surface area contributed by atoms with Gasteiger partial charge in [-0.15, -0.1) is 0 Å². The molecule has 3 N–H and O–H groups in total. The topological polar surface area (TPSA) is 105 Å². The van der Waals surface area contributed by atoms with Crippen LogP contribution in [0, 0.1) is 18.3 Å². The fourth-order valence-electron chi connectivity index (χ4n) is 5.18.